The number of hydrogen-bond donors (Lipinski definition) is 2. The predicted molar refractivity (Wildman–Crippen MR) is 100 cm³/mol. The second-order valence-corrected chi connectivity index (χ2v) is 7.59. The van der Waals surface area contributed by atoms with Gasteiger partial charge in [-0.25, -0.2) is 4.79 Å². The Morgan fingerprint density at radius 1 is 1.19 bits per heavy atom. The second kappa shape index (κ2) is 7.66. The maximum absolute atomic E-state index is 12.9. The second-order valence-electron chi connectivity index (χ2n) is 7.18. The van der Waals surface area contributed by atoms with Crippen LogP contribution in [0.1, 0.15) is 50.5 Å². The summed E-state index contributed by atoms with van der Waals surface area (Å²) < 4.78 is 0. The number of aryl methyl sites for hydroxylation is 1. The Morgan fingerprint density at radius 2 is 1.85 bits per heavy atom. The minimum absolute atomic E-state index is 0.276. The van der Waals surface area contributed by atoms with Crippen molar-refractivity contribution in [1.29, 1.82) is 0 Å². The van der Waals surface area contributed by atoms with Crippen LogP contribution in [0.5, 0.6) is 0 Å². The molecule has 0 unspecified atom stereocenters. The van der Waals surface area contributed by atoms with E-state index in [1.165, 1.54) is 6.42 Å². The zero-order valence-corrected chi connectivity index (χ0v) is 15.7. The standard InChI is InChI=1S/C19H24ClN3O3/c1-13-7-8-14(11-15(13)20)21-16(24)12-23-17(25)19(22-18(23)26)9-5-3-2-4-6-10-19/h7-8,11H,2-6,9-10,12H2,1H3,(H,21,24)(H,22,26). The third-order valence-electron chi connectivity index (χ3n) is 5.21. The first kappa shape index (κ1) is 18.7. The number of anilines is 1. The molecule has 1 aliphatic carbocycles. The molecule has 1 aromatic carbocycles. The number of carbonyl (C=O) groups excluding carboxylic acids is 3. The van der Waals surface area contributed by atoms with Gasteiger partial charge >= 0.3 is 6.03 Å². The van der Waals surface area contributed by atoms with Gasteiger partial charge in [0.2, 0.25) is 5.91 Å². The number of hydrogen-bond acceptors (Lipinski definition) is 3. The quantitative estimate of drug-likeness (QED) is 0.789. The Morgan fingerprint density at radius 3 is 2.50 bits per heavy atom. The first-order valence-electron chi connectivity index (χ1n) is 9.11. The number of benzene rings is 1. The highest BCUT2D eigenvalue weighted by Gasteiger charge is 2.50. The fourth-order valence-corrected chi connectivity index (χ4v) is 3.86. The van der Waals surface area contributed by atoms with E-state index in [2.05, 4.69) is 10.6 Å². The molecule has 1 saturated carbocycles. The SMILES string of the molecule is Cc1ccc(NC(=O)CN2C(=O)NC3(CCCCCCC3)C2=O)cc1Cl. The Kier molecular flexibility index (Phi) is 5.51. The number of nitrogens with zero attached hydrogens (tertiary/aromatic N) is 1. The third-order valence-corrected chi connectivity index (χ3v) is 5.62. The number of nitrogens with one attached hydrogen (secondary N) is 2. The van der Waals surface area contributed by atoms with Crippen LogP contribution in [0.15, 0.2) is 18.2 Å². The molecule has 0 aromatic heterocycles. The topological polar surface area (TPSA) is 78.5 Å². The van der Waals surface area contributed by atoms with Gasteiger partial charge in [0, 0.05) is 10.7 Å². The van der Waals surface area contributed by atoms with Crippen molar-refractivity contribution in [3.8, 4) is 0 Å². The van der Waals surface area contributed by atoms with E-state index < -0.39 is 17.5 Å². The lowest BCUT2D eigenvalue weighted by molar-refractivity contribution is -0.134. The lowest BCUT2D eigenvalue weighted by atomic mass is 9.84. The first-order chi connectivity index (χ1) is 12.4. The van der Waals surface area contributed by atoms with Crippen molar-refractivity contribution in [3.05, 3.63) is 28.8 Å². The molecule has 2 fully saturated rings. The lowest BCUT2D eigenvalue weighted by Crippen LogP contribution is -2.47. The van der Waals surface area contributed by atoms with Crippen LogP contribution in [0, 0.1) is 6.92 Å². The summed E-state index contributed by atoms with van der Waals surface area (Å²) in [6.07, 6.45) is 6.41. The van der Waals surface area contributed by atoms with Crippen LogP contribution < -0.4 is 10.6 Å². The van der Waals surface area contributed by atoms with Crippen molar-refractivity contribution in [1.82, 2.24) is 10.2 Å². The summed E-state index contributed by atoms with van der Waals surface area (Å²) in [5.41, 5.74) is 0.619. The molecule has 0 bridgehead atoms. The average molecular weight is 378 g/mol. The molecule has 2 aliphatic rings. The molecule has 3 rings (SSSR count). The molecule has 0 atom stereocenters. The Labute approximate surface area is 158 Å². The van der Waals surface area contributed by atoms with Gasteiger partial charge < -0.3 is 10.6 Å². The minimum Gasteiger partial charge on any atom is -0.324 e. The molecule has 1 saturated heterocycles. The number of halogens is 1. The van der Waals surface area contributed by atoms with Crippen LogP contribution in [-0.4, -0.2) is 34.8 Å². The molecule has 140 valence electrons. The monoisotopic (exact) mass is 377 g/mol. The van der Waals surface area contributed by atoms with Gasteiger partial charge in [-0.05, 0) is 37.5 Å². The van der Waals surface area contributed by atoms with Gasteiger partial charge in [-0.15, -0.1) is 0 Å². The molecule has 7 heteroatoms. The van der Waals surface area contributed by atoms with E-state index in [9.17, 15) is 14.4 Å². The molecule has 1 spiro atoms. The lowest BCUT2D eigenvalue weighted by Gasteiger charge is -2.28. The van der Waals surface area contributed by atoms with E-state index in [0.29, 0.717) is 23.6 Å². The zero-order valence-electron chi connectivity index (χ0n) is 14.9. The first-order valence-corrected chi connectivity index (χ1v) is 9.49. The van der Waals surface area contributed by atoms with Crippen molar-refractivity contribution >= 4 is 35.1 Å². The highest BCUT2D eigenvalue weighted by Crippen LogP contribution is 2.32. The van der Waals surface area contributed by atoms with Gasteiger partial charge in [0.25, 0.3) is 5.91 Å². The number of rotatable bonds is 3. The van der Waals surface area contributed by atoms with Gasteiger partial charge in [0.1, 0.15) is 12.1 Å². The van der Waals surface area contributed by atoms with Crippen LogP contribution in [-0.2, 0) is 9.59 Å². The summed E-state index contributed by atoms with van der Waals surface area (Å²) in [6, 6.07) is 4.71. The molecular weight excluding hydrogens is 354 g/mol. The van der Waals surface area contributed by atoms with Gasteiger partial charge in [-0.3, -0.25) is 14.5 Å². The van der Waals surface area contributed by atoms with Crippen molar-refractivity contribution in [2.24, 2.45) is 0 Å². The smallest absolute Gasteiger partial charge is 0.324 e. The highest BCUT2D eigenvalue weighted by molar-refractivity contribution is 6.31. The van der Waals surface area contributed by atoms with Gasteiger partial charge in [0.15, 0.2) is 0 Å². The molecule has 1 aliphatic heterocycles. The summed E-state index contributed by atoms with van der Waals surface area (Å²) in [4.78, 5) is 38.6. The Balaban J connectivity index is 1.66. The fourth-order valence-electron chi connectivity index (χ4n) is 3.68. The maximum atomic E-state index is 12.9. The predicted octanol–water partition coefficient (Wildman–Crippen LogP) is 3.62. The van der Waals surface area contributed by atoms with Crippen LogP contribution in [0.4, 0.5) is 10.5 Å². The summed E-state index contributed by atoms with van der Waals surface area (Å²) in [5, 5.41) is 6.10. The van der Waals surface area contributed by atoms with Gasteiger partial charge in [0.05, 0.1) is 0 Å². The van der Waals surface area contributed by atoms with Crippen LogP contribution in [0.2, 0.25) is 5.02 Å². The van der Waals surface area contributed by atoms with E-state index in [1.807, 2.05) is 6.92 Å². The van der Waals surface area contributed by atoms with Gasteiger partial charge in [-0.1, -0.05) is 49.8 Å². The normalized spacial score (nSPS) is 19.8. The largest absolute Gasteiger partial charge is 0.325 e. The molecule has 0 radical (unpaired) electrons. The van der Waals surface area contributed by atoms with E-state index in [4.69, 9.17) is 11.6 Å². The van der Waals surface area contributed by atoms with E-state index >= 15 is 0 Å². The molecule has 6 nitrogen and oxygen atoms in total. The van der Waals surface area contributed by atoms with Crippen molar-refractivity contribution < 1.29 is 14.4 Å². The number of carbonyl (C=O) groups is 3. The molecule has 26 heavy (non-hydrogen) atoms. The van der Waals surface area contributed by atoms with E-state index in [0.717, 1.165) is 36.1 Å². The summed E-state index contributed by atoms with van der Waals surface area (Å²) in [5.74, 6) is -0.696. The fraction of sp³-hybridized carbons (Fsp3) is 0.526. The van der Waals surface area contributed by atoms with Crippen LogP contribution in [0.25, 0.3) is 0 Å². The molecule has 1 aromatic rings. The third kappa shape index (κ3) is 3.85. The minimum atomic E-state index is -0.828. The molecule has 4 amide bonds. The summed E-state index contributed by atoms with van der Waals surface area (Å²) in [7, 11) is 0. The van der Waals surface area contributed by atoms with Crippen molar-refractivity contribution in [2.45, 2.75) is 57.4 Å². The van der Waals surface area contributed by atoms with Gasteiger partial charge in [-0.2, -0.15) is 0 Å². The average Bonchev–Trinajstić information content (AvgIpc) is 2.80. The Hall–Kier alpha value is -2.08. The molecule has 2 N–H and O–H groups in total. The van der Waals surface area contributed by atoms with E-state index in [-0.39, 0.29) is 12.5 Å². The number of amides is 4. The van der Waals surface area contributed by atoms with Crippen molar-refractivity contribution in [2.75, 3.05) is 11.9 Å². The molecule has 1 heterocycles. The molecular formula is C19H24ClN3O3. The summed E-state index contributed by atoms with van der Waals surface area (Å²) >= 11 is 6.06. The number of imide groups is 1. The maximum Gasteiger partial charge on any atom is 0.325 e. The highest BCUT2D eigenvalue weighted by atomic mass is 35.5. The van der Waals surface area contributed by atoms with Crippen LogP contribution in [0.3, 0.4) is 0 Å². The van der Waals surface area contributed by atoms with E-state index in [1.54, 1.807) is 18.2 Å². The number of urea groups is 1. The Bertz CT molecular complexity index is 727. The summed E-state index contributed by atoms with van der Waals surface area (Å²) in [6.45, 7) is 1.58. The zero-order chi connectivity index (χ0) is 18.7. The van der Waals surface area contributed by atoms with Crippen LogP contribution >= 0.6 is 11.6 Å². The van der Waals surface area contributed by atoms with Crippen molar-refractivity contribution in [3.63, 3.8) is 0 Å².